The average Bonchev–Trinajstić information content (AvgIpc) is 2.95. The second kappa shape index (κ2) is 6.88. The number of benzene rings is 1. The number of carbonyl (C=O) groups excluding carboxylic acids is 1. The predicted molar refractivity (Wildman–Crippen MR) is 97.4 cm³/mol. The molecule has 0 aliphatic heterocycles. The Morgan fingerprint density at radius 2 is 2.12 bits per heavy atom. The van der Waals surface area contributed by atoms with Crippen molar-refractivity contribution in [2.75, 3.05) is 12.4 Å². The molecule has 2 amide bonds. The van der Waals surface area contributed by atoms with Gasteiger partial charge in [-0.25, -0.2) is 4.79 Å². The molecule has 3 rings (SSSR count). The van der Waals surface area contributed by atoms with E-state index in [-0.39, 0.29) is 12.1 Å². The topological polar surface area (TPSA) is 75.9 Å². The molecule has 0 fully saturated rings. The van der Waals surface area contributed by atoms with E-state index in [2.05, 4.69) is 20.5 Å². The molecule has 1 aromatic carbocycles. The van der Waals surface area contributed by atoms with Gasteiger partial charge in [0.15, 0.2) is 0 Å². The minimum atomic E-state index is -0.182. The fraction of sp³-hybridized carbons (Fsp3) is 0.333. The van der Waals surface area contributed by atoms with Gasteiger partial charge in [0, 0.05) is 38.4 Å². The summed E-state index contributed by atoms with van der Waals surface area (Å²) in [5, 5.41) is 11.5. The van der Waals surface area contributed by atoms with E-state index in [1.807, 2.05) is 44.2 Å². The molecule has 0 bridgehead atoms. The quantitative estimate of drug-likeness (QED) is 0.793. The maximum atomic E-state index is 12.6. The minimum Gasteiger partial charge on any atom is -0.324 e. The van der Waals surface area contributed by atoms with Crippen LogP contribution in [-0.4, -0.2) is 44.0 Å². The lowest BCUT2D eigenvalue weighted by atomic mass is 10.1. The number of amides is 2. The van der Waals surface area contributed by atoms with E-state index >= 15 is 0 Å². The van der Waals surface area contributed by atoms with Crippen LogP contribution in [0.5, 0.6) is 0 Å². The molecule has 2 aromatic heterocycles. The largest absolute Gasteiger partial charge is 0.324 e. The van der Waals surface area contributed by atoms with Crippen LogP contribution in [-0.2, 0) is 13.5 Å². The van der Waals surface area contributed by atoms with Crippen molar-refractivity contribution >= 4 is 22.8 Å². The molecule has 0 saturated carbocycles. The van der Waals surface area contributed by atoms with Crippen LogP contribution < -0.4 is 5.32 Å². The Morgan fingerprint density at radius 3 is 2.88 bits per heavy atom. The fourth-order valence-corrected chi connectivity index (χ4v) is 2.69. The van der Waals surface area contributed by atoms with Gasteiger partial charge in [-0.3, -0.25) is 4.98 Å². The van der Waals surface area contributed by atoms with Gasteiger partial charge < -0.3 is 10.2 Å². The minimum absolute atomic E-state index is 0.00959. The molecule has 7 heteroatoms. The molecule has 25 heavy (non-hydrogen) atoms. The highest BCUT2D eigenvalue weighted by Gasteiger charge is 2.18. The van der Waals surface area contributed by atoms with Gasteiger partial charge in [-0.1, -0.05) is 6.07 Å². The van der Waals surface area contributed by atoms with Gasteiger partial charge in [0.25, 0.3) is 0 Å². The monoisotopic (exact) mass is 338 g/mol. The Bertz CT molecular complexity index is 903. The Hall–Kier alpha value is -2.96. The van der Waals surface area contributed by atoms with Gasteiger partial charge in [-0.05, 0) is 43.7 Å². The summed E-state index contributed by atoms with van der Waals surface area (Å²) < 4.78 is 0. The molecular weight excluding hydrogens is 316 g/mol. The molecule has 3 aromatic rings. The van der Waals surface area contributed by atoms with Crippen LogP contribution in [0.15, 0.2) is 36.5 Å². The molecule has 0 spiro atoms. The number of nitrogens with one attached hydrogen (secondary N) is 1. The molecule has 0 unspecified atom stereocenters. The maximum absolute atomic E-state index is 12.6. The van der Waals surface area contributed by atoms with Crippen molar-refractivity contribution in [3.63, 3.8) is 0 Å². The Labute approximate surface area is 146 Å². The summed E-state index contributed by atoms with van der Waals surface area (Å²) in [5.74, 6) is 0. The van der Waals surface area contributed by atoms with Crippen LogP contribution in [0, 0.1) is 6.92 Å². The number of fused-ring (bicyclic) bond motifs is 1. The molecular formula is C18H22N6O. The van der Waals surface area contributed by atoms with Crippen molar-refractivity contribution in [2.24, 2.45) is 7.05 Å². The Balaban J connectivity index is 1.71. The lowest BCUT2D eigenvalue weighted by Gasteiger charge is -2.25. The summed E-state index contributed by atoms with van der Waals surface area (Å²) >= 11 is 0. The third-order valence-electron chi connectivity index (χ3n) is 4.21. The number of pyridine rings is 1. The van der Waals surface area contributed by atoms with E-state index in [4.69, 9.17) is 0 Å². The number of carbonyl (C=O) groups is 1. The van der Waals surface area contributed by atoms with Gasteiger partial charge in [0.1, 0.15) is 11.0 Å². The lowest BCUT2D eigenvalue weighted by Crippen LogP contribution is -2.39. The number of rotatable bonds is 4. The van der Waals surface area contributed by atoms with E-state index in [1.165, 1.54) is 10.4 Å². The molecule has 7 nitrogen and oxygen atoms in total. The number of likely N-dealkylation sites (N-methyl/N-ethyl adjacent to an activating group) is 1. The van der Waals surface area contributed by atoms with Crippen molar-refractivity contribution in [3.05, 3.63) is 47.8 Å². The molecule has 0 aliphatic carbocycles. The second-order valence-corrected chi connectivity index (χ2v) is 6.28. The standard InChI is InChI=1S/C18H22N6O/c1-12-8-9-19-14(10-12)11-13(2)23(3)18(25)20-15-6-5-7-16-17(15)22-24(4)21-16/h5-10,13H,11H2,1-4H3,(H,20,25)/t13-/m0/s1. The van der Waals surface area contributed by atoms with E-state index in [9.17, 15) is 4.79 Å². The molecule has 1 N–H and O–H groups in total. The van der Waals surface area contributed by atoms with E-state index < -0.39 is 0 Å². The third-order valence-corrected chi connectivity index (χ3v) is 4.21. The van der Waals surface area contributed by atoms with Crippen molar-refractivity contribution < 1.29 is 4.79 Å². The van der Waals surface area contributed by atoms with Crippen LogP contribution in [0.4, 0.5) is 10.5 Å². The number of urea groups is 1. The highest BCUT2D eigenvalue weighted by Crippen LogP contribution is 2.20. The van der Waals surface area contributed by atoms with Crippen molar-refractivity contribution in [1.29, 1.82) is 0 Å². The first-order chi connectivity index (χ1) is 11.9. The fourth-order valence-electron chi connectivity index (χ4n) is 2.69. The van der Waals surface area contributed by atoms with Gasteiger partial charge >= 0.3 is 6.03 Å². The van der Waals surface area contributed by atoms with Crippen LogP contribution in [0.1, 0.15) is 18.2 Å². The van der Waals surface area contributed by atoms with Gasteiger partial charge in [0.2, 0.25) is 0 Å². The van der Waals surface area contributed by atoms with E-state index in [0.717, 1.165) is 11.2 Å². The summed E-state index contributed by atoms with van der Waals surface area (Å²) in [6, 6.07) is 9.39. The Kier molecular flexibility index (Phi) is 4.65. The number of hydrogen-bond acceptors (Lipinski definition) is 4. The normalized spacial score (nSPS) is 12.2. The van der Waals surface area contributed by atoms with Gasteiger partial charge in [-0.15, -0.1) is 0 Å². The first-order valence-electron chi connectivity index (χ1n) is 8.19. The lowest BCUT2D eigenvalue weighted by molar-refractivity contribution is 0.207. The molecule has 1 atom stereocenters. The first-order valence-corrected chi connectivity index (χ1v) is 8.19. The summed E-state index contributed by atoms with van der Waals surface area (Å²) in [5.41, 5.74) is 4.23. The number of aromatic nitrogens is 4. The van der Waals surface area contributed by atoms with Crippen LogP contribution in [0.25, 0.3) is 11.0 Å². The van der Waals surface area contributed by atoms with Crippen LogP contribution in [0.2, 0.25) is 0 Å². The average molecular weight is 338 g/mol. The van der Waals surface area contributed by atoms with Crippen LogP contribution in [0.3, 0.4) is 0 Å². The van der Waals surface area contributed by atoms with Gasteiger partial charge in [0.05, 0.1) is 5.69 Å². The van der Waals surface area contributed by atoms with Crippen molar-refractivity contribution in [3.8, 4) is 0 Å². The highest BCUT2D eigenvalue weighted by molar-refractivity contribution is 5.98. The third kappa shape index (κ3) is 3.76. The van der Waals surface area contributed by atoms with Crippen molar-refractivity contribution in [1.82, 2.24) is 24.9 Å². The zero-order valence-corrected chi connectivity index (χ0v) is 14.9. The maximum Gasteiger partial charge on any atom is 0.321 e. The summed E-state index contributed by atoms with van der Waals surface area (Å²) in [7, 11) is 3.54. The summed E-state index contributed by atoms with van der Waals surface area (Å²) in [6.45, 7) is 4.04. The SMILES string of the molecule is Cc1ccnc(C[C@H](C)N(C)C(=O)Nc2cccc3nn(C)nc23)c1. The highest BCUT2D eigenvalue weighted by atomic mass is 16.2. The van der Waals surface area contributed by atoms with E-state index in [0.29, 0.717) is 17.6 Å². The predicted octanol–water partition coefficient (Wildman–Crippen LogP) is 2.77. The number of aryl methyl sites for hydroxylation is 2. The zero-order chi connectivity index (χ0) is 18.0. The number of hydrogen-bond donors (Lipinski definition) is 1. The second-order valence-electron chi connectivity index (χ2n) is 6.28. The van der Waals surface area contributed by atoms with Gasteiger partial charge in [-0.2, -0.15) is 15.0 Å². The molecule has 0 radical (unpaired) electrons. The van der Waals surface area contributed by atoms with E-state index in [1.54, 1.807) is 25.2 Å². The number of nitrogens with zero attached hydrogens (tertiary/aromatic N) is 5. The molecule has 2 heterocycles. The smallest absolute Gasteiger partial charge is 0.321 e. The van der Waals surface area contributed by atoms with Crippen LogP contribution >= 0.6 is 0 Å². The molecule has 130 valence electrons. The first kappa shape index (κ1) is 16.9. The number of anilines is 1. The summed E-state index contributed by atoms with van der Waals surface area (Å²) in [4.78, 5) is 20.1. The van der Waals surface area contributed by atoms with Crippen molar-refractivity contribution in [2.45, 2.75) is 26.3 Å². The molecule has 0 saturated heterocycles. The summed E-state index contributed by atoms with van der Waals surface area (Å²) in [6.07, 6.45) is 2.49. The Morgan fingerprint density at radius 1 is 1.32 bits per heavy atom. The zero-order valence-electron chi connectivity index (χ0n) is 14.9. The molecule has 0 aliphatic rings.